The van der Waals surface area contributed by atoms with Gasteiger partial charge in [0.05, 0.1) is 18.6 Å². The Labute approximate surface area is 105 Å². The van der Waals surface area contributed by atoms with Gasteiger partial charge in [0, 0.05) is 5.69 Å². The maximum atomic E-state index is 11.8. The summed E-state index contributed by atoms with van der Waals surface area (Å²) in [6, 6.07) is 5.23. The third-order valence-electron chi connectivity index (χ3n) is 3.65. The predicted molar refractivity (Wildman–Crippen MR) is 66.4 cm³/mol. The molecule has 0 saturated heterocycles. The summed E-state index contributed by atoms with van der Waals surface area (Å²) < 4.78 is 5.27. The number of rotatable bonds is 3. The zero-order valence-electron chi connectivity index (χ0n) is 10.1. The summed E-state index contributed by atoms with van der Waals surface area (Å²) in [6.45, 7) is 0.516. The summed E-state index contributed by atoms with van der Waals surface area (Å²) in [5.41, 5.74) is 2.18. The molecule has 0 atom stereocenters. The number of benzene rings is 1. The second-order valence-corrected chi connectivity index (χ2v) is 4.99. The number of anilines is 1. The van der Waals surface area contributed by atoms with Crippen LogP contribution in [0, 0.1) is 5.92 Å². The van der Waals surface area contributed by atoms with Crippen LogP contribution in [0.2, 0.25) is 0 Å². The van der Waals surface area contributed by atoms with Crippen LogP contribution in [-0.4, -0.2) is 18.5 Å². The van der Waals surface area contributed by atoms with Crippen LogP contribution in [-0.2, 0) is 16.0 Å². The van der Waals surface area contributed by atoms with Crippen molar-refractivity contribution in [1.29, 1.82) is 0 Å². The Balaban J connectivity index is 1.66. The van der Waals surface area contributed by atoms with E-state index in [0.29, 0.717) is 24.5 Å². The maximum absolute atomic E-state index is 11.8. The highest BCUT2D eigenvalue weighted by Gasteiger charge is 2.22. The van der Waals surface area contributed by atoms with Crippen molar-refractivity contribution in [1.82, 2.24) is 0 Å². The number of amides is 1. The van der Waals surface area contributed by atoms with Crippen molar-refractivity contribution in [3.63, 3.8) is 0 Å². The van der Waals surface area contributed by atoms with E-state index < -0.39 is 0 Å². The number of fused-ring (bicyclic) bond motifs is 1. The smallest absolute Gasteiger partial charge is 0.338 e. The molecule has 0 bridgehead atoms. The first-order valence-electron chi connectivity index (χ1n) is 6.32. The molecule has 1 aliphatic heterocycles. The Hall–Kier alpha value is -1.84. The molecule has 18 heavy (non-hydrogen) atoms. The van der Waals surface area contributed by atoms with Crippen LogP contribution >= 0.6 is 0 Å². The lowest BCUT2D eigenvalue weighted by molar-refractivity contribution is -0.115. The third-order valence-corrected chi connectivity index (χ3v) is 3.65. The minimum absolute atomic E-state index is 0.0232. The Kier molecular flexibility index (Phi) is 2.78. The maximum Gasteiger partial charge on any atom is 0.338 e. The quantitative estimate of drug-likeness (QED) is 0.830. The lowest BCUT2D eigenvalue weighted by atomic mass is 9.86. The van der Waals surface area contributed by atoms with E-state index in [4.69, 9.17) is 4.74 Å². The molecule has 1 N–H and O–H groups in total. The van der Waals surface area contributed by atoms with Gasteiger partial charge in [0.2, 0.25) is 5.91 Å². The van der Waals surface area contributed by atoms with Crippen molar-refractivity contribution in [2.75, 3.05) is 11.9 Å². The van der Waals surface area contributed by atoms with Crippen molar-refractivity contribution in [2.45, 2.75) is 25.7 Å². The minimum atomic E-state index is -0.300. The fourth-order valence-corrected chi connectivity index (χ4v) is 2.28. The number of ether oxygens (including phenoxy) is 1. The first-order chi connectivity index (χ1) is 8.72. The zero-order valence-corrected chi connectivity index (χ0v) is 10.1. The molecule has 0 unspecified atom stereocenters. The zero-order chi connectivity index (χ0) is 12.5. The molecule has 1 fully saturated rings. The van der Waals surface area contributed by atoms with Crippen molar-refractivity contribution in [3.8, 4) is 0 Å². The van der Waals surface area contributed by atoms with E-state index in [1.807, 2.05) is 6.07 Å². The van der Waals surface area contributed by atoms with Gasteiger partial charge in [-0.2, -0.15) is 0 Å². The SMILES string of the molecule is O=C1Cc2ccc(C(=O)OCC3CCC3)cc2N1. The number of carbonyl (C=O) groups is 2. The highest BCUT2D eigenvalue weighted by atomic mass is 16.5. The van der Waals surface area contributed by atoms with E-state index in [9.17, 15) is 9.59 Å². The monoisotopic (exact) mass is 245 g/mol. The lowest BCUT2D eigenvalue weighted by Crippen LogP contribution is -2.20. The van der Waals surface area contributed by atoms with Gasteiger partial charge in [0.1, 0.15) is 0 Å². The van der Waals surface area contributed by atoms with Gasteiger partial charge in [0.25, 0.3) is 0 Å². The Bertz CT molecular complexity index is 506. The van der Waals surface area contributed by atoms with Gasteiger partial charge in [-0.3, -0.25) is 4.79 Å². The van der Waals surface area contributed by atoms with Gasteiger partial charge in [-0.25, -0.2) is 4.79 Å². The fraction of sp³-hybridized carbons (Fsp3) is 0.429. The van der Waals surface area contributed by atoms with Crippen LogP contribution in [0.1, 0.15) is 35.2 Å². The molecule has 1 amide bonds. The molecular weight excluding hydrogens is 230 g/mol. The van der Waals surface area contributed by atoms with Crippen LogP contribution in [0.3, 0.4) is 0 Å². The highest BCUT2D eigenvalue weighted by Crippen LogP contribution is 2.27. The molecule has 3 rings (SSSR count). The first-order valence-corrected chi connectivity index (χ1v) is 6.32. The summed E-state index contributed by atoms with van der Waals surface area (Å²) in [5, 5.41) is 2.73. The summed E-state index contributed by atoms with van der Waals surface area (Å²) in [6.07, 6.45) is 3.96. The molecule has 1 aromatic rings. The summed E-state index contributed by atoms with van der Waals surface area (Å²) in [4.78, 5) is 23.1. The number of hydrogen-bond donors (Lipinski definition) is 1. The predicted octanol–water partition coefficient (Wildman–Crippen LogP) is 2.14. The van der Waals surface area contributed by atoms with Crippen LogP contribution < -0.4 is 5.32 Å². The van der Waals surface area contributed by atoms with Crippen molar-refractivity contribution >= 4 is 17.6 Å². The molecule has 0 aromatic heterocycles. The number of esters is 1. The summed E-state index contributed by atoms with van der Waals surface area (Å²) >= 11 is 0. The molecule has 4 heteroatoms. The average molecular weight is 245 g/mol. The fourth-order valence-electron chi connectivity index (χ4n) is 2.28. The van der Waals surface area contributed by atoms with Crippen molar-refractivity contribution in [2.24, 2.45) is 5.92 Å². The molecule has 4 nitrogen and oxygen atoms in total. The Morgan fingerprint density at radius 2 is 2.22 bits per heavy atom. The minimum Gasteiger partial charge on any atom is -0.462 e. The van der Waals surface area contributed by atoms with Crippen molar-refractivity contribution < 1.29 is 14.3 Å². The third kappa shape index (κ3) is 2.10. The normalized spacial score (nSPS) is 17.9. The molecule has 1 heterocycles. The lowest BCUT2D eigenvalue weighted by Gasteiger charge is -2.24. The summed E-state index contributed by atoms with van der Waals surface area (Å²) in [5.74, 6) is 0.221. The van der Waals surface area contributed by atoms with Gasteiger partial charge in [-0.1, -0.05) is 12.5 Å². The van der Waals surface area contributed by atoms with Crippen LogP contribution in [0.25, 0.3) is 0 Å². The molecule has 1 aliphatic carbocycles. The van der Waals surface area contributed by atoms with E-state index in [2.05, 4.69) is 5.32 Å². The molecule has 94 valence electrons. The molecule has 0 spiro atoms. The van der Waals surface area contributed by atoms with Gasteiger partial charge >= 0.3 is 5.97 Å². The second-order valence-electron chi connectivity index (χ2n) is 4.99. The largest absolute Gasteiger partial charge is 0.462 e. The first kappa shape index (κ1) is 11.3. The van der Waals surface area contributed by atoms with Crippen LogP contribution in [0.4, 0.5) is 5.69 Å². The van der Waals surface area contributed by atoms with Gasteiger partial charge < -0.3 is 10.1 Å². The molecule has 0 radical (unpaired) electrons. The average Bonchev–Trinajstić information content (AvgIpc) is 2.65. The van der Waals surface area contributed by atoms with E-state index in [1.165, 1.54) is 6.42 Å². The van der Waals surface area contributed by atoms with E-state index in [-0.39, 0.29) is 11.9 Å². The van der Waals surface area contributed by atoms with Crippen LogP contribution in [0.15, 0.2) is 18.2 Å². The Morgan fingerprint density at radius 1 is 1.39 bits per heavy atom. The van der Waals surface area contributed by atoms with Gasteiger partial charge in [0.15, 0.2) is 0 Å². The molecule has 2 aliphatic rings. The van der Waals surface area contributed by atoms with Crippen LogP contribution in [0.5, 0.6) is 0 Å². The van der Waals surface area contributed by atoms with E-state index in [0.717, 1.165) is 24.1 Å². The second kappa shape index (κ2) is 4.44. The molecule has 1 saturated carbocycles. The number of nitrogens with one attached hydrogen (secondary N) is 1. The van der Waals surface area contributed by atoms with Gasteiger partial charge in [-0.05, 0) is 36.5 Å². The molecular formula is C14H15NO3. The number of hydrogen-bond acceptors (Lipinski definition) is 3. The van der Waals surface area contributed by atoms with E-state index >= 15 is 0 Å². The topological polar surface area (TPSA) is 55.4 Å². The standard InChI is InChI=1S/C14H15NO3/c16-13-7-10-4-5-11(6-12(10)15-13)14(17)18-8-9-2-1-3-9/h4-6,9H,1-3,7-8H2,(H,15,16). The number of carbonyl (C=O) groups excluding carboxylic acids is 2. The molecule has 1 aromatic carbocycles. The van der Waals surface area contributed by atoms with E-state index in [1.54, 1.807) is 12.1 Å². The van der Waals surface area contributed by atoms with Crippen molar-refractivity contribution in [3.05, 3.63) is 29.3 Å². The Morgan fingerprint density at radius 3 is 2.94 bits per heavy atom. The van der Waals surface area contributed by atoms with Gasteiger partial charge in [-0.15, -0.1) is 0 Å². The highest BCUT2D eigenvalue weighted by molar-refractivity contribution is 6.01. The summed E-state index contributed by atoms with van der Waals surface area (Å²) in [7, 11) is 0.